The second-order valence-corrected chi connectivity index (χ2v) is 7.73. The quantitative estimate of drug-likeness (QED) is 0.420. The first-order valence-corrected chi connectivity index (χ1v) is 9.66. The monoisotopic (exact) mass is 412 g/mol. The maximum Gasteiger partial charge on any atom is 0.196 e. The zero-order valence-corrected chi connectivity index (χ0v) is 16.4. The normalized spacial score (nSPS) is 10.6. The van der Waals surface area contributed by atoms with E-state index in [1.807, 2.05) is 24.3 Å². The largest absolute Gasteiger partial charge is 0.270 e. The molecule has 0 radical (unpaired) electrons. The molecular weight excluding hydrogens is 396 g/mol. The van der Waals surface area contributed by atoms with Crippen molar-refractivity contribution >= 4 is 27.7 Å². The van der Waals surface area contributed by atoms with Gasteiger partial charge < -0.3 is 0 Å². The Kier molecular flexibility index (Phi) is 5.57. The molecule has 6 heteroatoms. The fourth-order valence-corrected chi connectivity index (χ4v) is 3.71. The van der Waals surface area contributed by atoms with E-state index in [0.29, 0.717) is 12.2 Å². The molecule has 2 aromatic carbocycles. The number of aryl methyl sites for hydroxylation is 2. The van der Waals surface area contributed by atoms with Crippen LogP contribution in [0.1, 0.15) is 17.5 Å². The van der Waals surface area contributed by atoms with Gasteiger partial charge >= 0.3 is 0 Å². The average molecular weight is 413 g/mol. The van der Waals surface area contributed by atoms with Crippen LogP contribution >= 0.6 is 27.7 Å². The number of nitrogens with zero attached hydrogens (tertiary/aromatic N) is 4. The smallest absolute Gasteiger partial charge is 0.196 e. The van der Waals surface area contributed by atoms with Gasteiger partial charge in [0.05, 0.1) is 11.8 Å². The first-order chi connectivity index (χ1) is 12.1. The number of nitriles is 1. The SMILES string of the molecule is Cc1cc(C)cc(-n2c(SCCC#N)nnc2-c2ccc(Br)cc2)c1. The molecule has 0 fully saturated rings. The molecule has 0 unspecified atom stereocenters. The third kappa shape index (κ3) is 4.12. The van der Waals surface area contributed by atoms with E-state index in [4.69, 9.17) is 5.26 Å². The van der Waals surface area contributed by atoms with Gasteiger partial charge in [0.15, 0.2) is 11.0 Å². The molecule has 4 nitrogen and oxygen atoms in total. The van der Waals surface area contributed by atoms with E-state index in [2.05, 4.69) is 68.8 Å². The Morgan fingerprint density at radius 2 is 1.76 bits per heavy atom. The van der Waals surface area contributed by atoms with Crippen molar-refractivity contribution in [1.82, 2.24) is 14.8 Å². The number of aromatic nitrogens is 3. The molecule has 1 aromatic heterocycles. The highest BCUT2D eigenvalue weighted by Crippen LogP contribution is 2.29. The average Bonchev–Trinajstić information content (AvgIpc) is 2.99. The molecule has 0 aliphatic rings. The first kappa shape index (κ1) is 17.7. The highest BCUT2D eigenvalue weighted by atomic mass is 79.9. The highest BCUT2D eigenvalue weighted by Gasteiger charge is 2.16. The minimum absolute atomic E-state index is 0.484. The summed E-state index contributed by atoms with van der Waals surface area (Å²) in [4.78, 5) is 0. The summed E-state index contributed by atoms with van der Waals surface area (Å²) in [6.45, 7) is 4.17. The molecule has 0 bridgehead atoms. The zero-order valence-electron chi connectivity index (χ0n) is 14.0. The van der Waals surface area contributed by atoms with Crippen LogP contribution in [0.4, 0.5) is 0 Å². The Balaban J connectivity index is 2.12. The second kappa shape index (κ2) is 7.85. The third-order valence-electron chi connectivity index (χ3n) is 3.65. The molecule has 0 saturated carbocycles. The van der Waals surface area contributed by atoms with Gasteiger partial charge in [0.2, 0.25) is 0 Å². The van der Waals surface area contributed by atoms with E-state index in [9.17, 15) is 0 Å². The number of benzene rings is 2. The lowest BCUT2D eigenvalue weighted by Crippen LogP contribution is -2.01. The van der Waals surface area contributed by atoms with Crippen LogP contribution in [0.5, 0.6) is 0 Å². The molecule has 1 heterocycles. The molecule has 0 spiro atoms. The lowest BCUT2D eigenvalue weighted by Gasteiger charge is -2.12. The number of hydrogen-bond donors (Lipinski definition) is 0. The Bertz CT molecular complexity index is 905. The number of rotatable bonds is 5. The van der Waals surface area contributed by atoms with Gasteiger partial charge in [-0.2, -0.15) is 5.26 Å². The van der Waals surface area contributed by atoms with Crippen LogP contribution < -0.4 is 0 Å². The van der Waals surface area contributed by atoms with Crippen molar-refractivity contribution in [1.29, 1.82) is 5.26 Å². The Labute approximate surface area is 160 Å². The second-order valence-electron chi connectivity index (χ2n) is 5.75. The minimum Gasteiger partial charge on any atom is -0.270 e. The molecule has 0 aliphatic heterocycles. The van der Waals surface area contributed by atoms with E-state index in [-0.39, 0.29) is 0 Å². The molecule has 25 heavy (non-hydrogen) atoms. The van der Waals surface area contributed by atoms with E-state index in [0.717, 1.165) is 26.7 Å². The van der Waals surface area contributed by atoms with Crippen LogP contribution in [-0.4, -0.2) is 20.5 Å². The van der Waals surface area contributed by atoms with Gasteiger partial charge in [-0.3, -0.25) is 4.57 Å². The van der Waals surface area contributed by atoms with Crippen LogP contribution in [-0.2, 0) is 0 Å². The van der Waals surface area contributed by atoms with Gasteiger partial charge in [0, 0.05) is 22.2 Å². The van der Waals surface area contributed by atoms with E-state index in [1.165, 1.54) is 11.1 Å². The standard InChI is InChI=1S/C19H17BrN4S/c1-13-10-14(2)12-17(11-13)24-18(15-4-6-16(20)7-5-15)22-23-19(24)25-9-3-8-21/h4-7,10-12H,3,9H2,1-2H3. The Morgan fingerprint density at radius 3 is 2.40 bits per heavy atom. The van der Waals surface area contributed by atoms with Crippen molar-refractivity contribution in [3.8, 4) is 23.1 Å². The van der Waals surface area contributed by atoms with Gasteiger partial charge in [0.25, 0.3) is 0 Å². The topological polar surface area (TPSA) is 54.5 Å². The van der Waals surface area contributed by atoms with Crippen LogP contribution in [0, 0.1) is 25.2 Å². The number of halogens is 1. The molecular formula is C19H17BrN4S. The Hall–Kier alpha value is -2.10. The van der Waals surface area contributed by atoms with Crippen molar-refractivity contribution in [3.05, 3.63) is 58.1 Å². The lowest BCUT2D eigenvalue weighted by atomic mass is 10.1. The fourth-order valence-electron chi connectivity index (χ4n) is 2.65. The fraction of sp³-hybridized carbons (Fsp3) is 0.211. The summed E-state index contributed by atoms with van der Waals surface area (Å²) in [7, 11) is 0. The molecule has 3 rings (SSSR count). The van der Waals surface area contributed by atoms with Crippen molar-refractivity contribution in [3.63, 3.8) is 0 Å². The maximum absolute atomic E-state index is 8.80. The van der Waals surface area contributed by atoms with Crippen molar-refractivity contribution in [2.24, 2.45) is 0 Å². The molecule has 3 aromatic rings. The third-order valence-corrected chi connectivity index (χ3v) is 5.10. The predicted molar refractivity (Wildman–Crippen MR) is 105 cm³/mol. The molecule has 126 valence electrons. The van der Waals surface area contributed by atoms with Crippen molar-refractivity contribution in [2.45, 2.75) is 25.4 Å². The van der Waals surface area contributed by atoms with E-state index >= 15 is 0 Å². The molecule has 0 atom stereocenters. The summed E-state index contributed by atoms with van der Waals surface area (Å²) in [6.07, 6.45) is 0.484. The van der Waals surface area contributed by atoms with Gasteiger partial charge in [-0.15, -0.1) is 10.2 Å². The van der Waals surface area contributed by atoms with Gasteiger partial charge in [-0.05, 0) is 49.2 Å². The molecule has 0 amide bonds. The predicted octanol–water partition coefficient (Wildman–Crippen LogP) is 5.32. The van der Waals surface area contributed by atoms with Crippen LogP contribution in [0.2, 0.25) is 0 Å². The van der Waals surface area contributed by atoms with Crippen LogP contribution in [0.15, 0.2) is 52.1 Å². The summed E-state index contributed by atoms with van der Waals surface area (Å²) in [6, 6.07) is 16.6. The summed E-state index contributed by atoms with van der Waals surface area (Å²) in [5, 5.41) is 18.4. The first-order valence-electron chi connectivity index (χ1n) is 7.88. The summed E-state index contributed by atoms with van der Waals surface area (Å²) in [5.74, 6) is 1.50. The van der Waals surface area contributed by atoms with Crippen molar-refractivity contribution in [2.75, 3.05) is 5.75 Å². The van der Waals surface area contributed by atoms with E-state index in [1.54, 1.807) is 11.8 Å². The van der Waals surface area contributed by atoms with Gasteiger partial charge in [0.1, 0.15) is 0 Å². The molecule has 0 aliphatic carbocycles. The van der Waals surface area contributed by atoms with Crippen LogP contribution in [0.25, 0.3) is 17.1 Å². The highest BCUT2D eigenvalue weighted by molar-refractivity contribution is 9.10. The van der Waals surface area contributed by atoms with Crippen LogP contribution in [0.3, 0.4) is 0 Å². The maximum atomic E-state index is 8.80. The summed E-state index contributed by atoms with van der Waals surface area (Å²) >= 11 is 5.02. The molecule has 0 N–H and O–H groups in total. The molecule has 0 saturated heterocycles. The van der Waals surface area contributed by atoms with E-state index < -0.39 is 0 Å². The Morgan fingerprint density at radius 1 is 1.08 bits per heavy atom. The van der Waals surface area contributed by atoms with Crippen molar-refractivity contribution < 1.29 is 0 Å². The number of thioether (sulfide) groups is 1. The zero-order chi connectivity index (χ0) is 17.8. The lowest BCUT2D eigenvalue weighted by molar-refractivity contribution is 0.883. The summed E-state index contributed by atoms with van der Waals surface area (Å²) in [5.41, 5.74) is 4.43. The van der Waals surface area contributed by atoms with Gasteiger partial charge in [-0.25, -0.2) is 0 Å². The summed E-state index contributed by atoms with van der Waals surface area (Å²) < 4.78 is 3.10. The minimum atomic E-state index is 0.484. The van der Waals surface area contributed by atoms with Gasteiger partial charge in [-0.1, -0.05) is 45.9 Å². The number of hydrogen-bond acceptors (Lipinski definition) is 4.